The van der Waals surface area contributed by atoms with E-state index in [9.17, 15) is 4.79 Å². The Morgan fingerprint density at radius 1 is 1.25 bits per heavy atom. The van der Waals surface area contributed by atoms with Gasteiger partial charge in [0, 0.05) is 13.1 Å². The lowest BCUT2D eigenvalue weighted by molar-refractivity contribution is -0.135. The Hall–Kier alpha value is -1.35. The monoisotopic (exact) mass is 276 g/mol. The van der Waals surface area contributed by atoms with Crippen LogP contribution in [0.5, 0.6) is 0 Å². The van der Waals surface area contributed by atoms with Crippen molar-refractivity contribution in [3.8, 4) is 0 Å². The molecule has 1 rings (SSSR count). The van der Waals surface area contributed by atoms with Gasteiger partial charge in [0.1, 0.15) is 0 Å². The first-order valence-electron chi connectivity index (χ1n) is 7.29. The fourth-order valence-corrected chi connectivity index (χ4v) is 2.12. The second-order valence-corrected chi connectivity index (χ2v) is 6.62. The Labute approximate surface area is 123 Å². The first kappa shape index (κ1) is 16.7. The minimum Gasteiger partial charge on any atom is -0.341 e. The van der Waals surface area contributed by atoms with Crippen LogP contribution in [-0.4, -0.2) is 29.9 Å². The van der Waals surface area contributed by atoms with Gasteiger partial charge in [-0.3, -0.25) is 4.79 Å². The van der Waals surface area contributed by atoms with E-state index in [0.717, 1.165) is 6.42 Å². The van der Waals surface area contributed by atoms with Crippen molar-refractivity contribution >= 4 is 5.91 Å². The van der Waals surface area contributed by atoms with E-state index in [1.165, 1.54) is 5.56 Å². The molecular weight excluding hydrogens is 248 g/mol. The standard InChI is InChI=1S/C17H28N2O/c1-13(17(2,3)4)19(5)16(20)15(18)12-11-14-9-7-6-8-10-14/h6-10,13,15H,11-12,18H2,1-5H3/t13?,15-/m0/s1. The summed E-state index contributed by atoms with van der Waals surface area (Å²) < 4.78 is 0. The van der Waals surface area contributed by atoms with Crippen molar-refractivity contribution in [3.63, 3.8) is 0 Å². The Morgan fingerprint density at radius 3 is 2.30 bits per heavy atom. The summed E-state index contributed by atoms with van der Waals surface area (Å²) in [6.07, 6.45) is 1.52. The number of rotatable bonds is 5. The molecule has 1 aromatic carbocycles. The number of hydrogen-bond donors (Lipinski definition) is 1. The highest BCUT2D eigenvalue weighted by Gasteiger charge is 2.29. The molecule has 3 heteroatoms. The summed E-state index contributed by atoms with van der Waals surface area (Å²) in [5, 5.41) is 0. The minimum atomic E-state index is -0.426. The van der Waals surface area contributed by atoms with Crippen LogP contribution >= 0.6 is 0 Å². The molecule has 1 aromatic rings. The van der Waals surface area contributed by atoms with E-state index >= 15 is 0 Å². The van der Waals surface area contributed by atoms with Gasteiger partial charge in [-0.05, 0) is 30.7 Å². The summed E-state index contributed by atoms with van der Waals surface area (Å²) in [5.41, 5.74) is 7.34. The lowest BCUT2D eigenvalue weighted by Crippen LogP contribution is -2.49. The molecule has 1 amide bonds. The van der Waals surface area contributed by atoms with Gasteiger partial charge in [0.15, 0.2) is 0 Å². The molecule has 20 heavy (non-hydrogen) atoms. The second kappa shape index (κ2) is 6.89. The maximum absolute atomic E-state index is 12.4. The largest absolute Gasteiger partial charge is 0.341 e. The van der Waals surface area contributed by atoms with Gasteiger partial charge >= 0.3 is 0 Å². The highest BCUT2D eigenvalue weighted by Crippen LogP contribution is 2.23. The number of carbonyl (C=O) groups excluding carboxylic acids is 1. The van der Waals surface area contributed by atoms with Crippen molar-refractivity contribution in [3.05, 3.63) is 35.9 Å². The van der Waals surface area contributed by atoms with Crippen molar-refractivity contribution in [1.82, 2.24) is 4.90 Å². The molecule has 1 unspecified atom stereocenters. The summed E-state index contributed by atoms with van der Waals surface area (Å²) >= 11 is 0. The van der Waals surface area contributed by atoms with Gasteiger partial charge in [-0.25, -0.2) is 0 Å². The molecule has 112 valence electrons. The van der Waals surface area contributed by atoms with Crippen LogP contribution in [0.25, 0.3) is 0 Å². The molecule has 2 N–H and O–H groups in total. The van der Waals surface area contributed by atoms with E-state index in [-0.39, 0.29) is 17.4 Å². The zero-order valence-corrected chi connectivity index (χ0v) is 13.4. The molecule has 0 aliphatic heterocycles. The molecule has 2 atom stereocenters. The topological polar surface area (TPSA) is 46.3 Å². The molecule has 0 aromatic heterocycles. The van der Waals surface area contributed by atoms with Gasteiger partial charge in [0.2, 0.25) is 5.91 Å². The van der Waals surface area contributed by atoms with Crippen LogP contribution in [0, 0.1) is 5.41 Å². The van der Waals surface area contributed by atoms with Crippen LogP contribution < -0.4 is 5.73 Å². The Bertz CT molecular complexity index is 422. The molecule has 0 saturated carbocycles. The van der Waals surface area contributed by atoms with Crippen LogP contribution in [0.1, 0.15) is 39.7 Å². The van der Waals surface area contributed by atoms with Crippen molar-refractivity contribution < 1.29 is 4.79 Å². The maximum atomic E-state index is 12.4. The van der Waals surface area contributed by atoms with Crippen molar-refractivity contribution in [1.29, 1.82) is 0 Å². The quantitative estimate of drug-likeness (QED) is 0.899. The molecule has 0 aliphatic carbocycles. The molecule has 0 bridgehead atoms. The van der Waals surface area contributed by atoms with Crippen molar-refractivity contribution in [2.45, 2.75) is 52.6 Å². The molecule has 0 spiro atoms. The molecule has 0 aliphatic rings. The van der Waals surface area contributed by atoms with Crippen LogP contribution in [0.3, 0.4) is 0 Å². The molecule has 0 fully saturated rings. The second-order valence-electron chi connectivity index (χ2n) is 6.62. The highest BCUT2D eigenvalue weighted by atomic mass is 16.2. The summed E-state index contributed by atoms with van der Waals surface area (Å²) in [6.45, 7) is 8.48. The smallest absolute Gasteiger partial charge is 0.239 e. The predicted octanol–water partition coefficient (Wildman–Crippen LogP) is 2.84. The Morgan fingerprint density at radius 2 is 1.80 bits per heavy atom. The lowest BCUT2D eigenvalue weighted by atomic mass is 9.87. The molecule has 0 saturated heterocycles. The van der Waals surface area contributed by atoms with Gasteiger partial charge in [-0.15, -0.1) is 0 Å². The summed E-state index contributed by atoms with van der Waals surface area (Å²) in [4.78, 5) is 14.1. The fraction of sp³-hybridized carbons (Fsp3) is 0.588. The SMILES string of the molecule is CC(N(C)C(=O)[C@@H](N)CCc1ccccc1)C(C)(C)C. The molecular formula is C17H28N2O. The van der Waals surface area contributed by atoms with Crippen LogP contribution in [0.4, 0.5) is 0 Å². The summed E-state index contributed by atoms with van der Waals surface area (Å²) in [5.74, 6) is 0.0309. The number of nitrogens with two attached hydrogens (primary N) is 1. The summed E-state index contributed by atoms with van der Waals surface area (Å²) in [7, 11) is 1.85. The number of carbonyl (C=O) groups is 1. The van der Waals surface area contributed by atoms with E-state index in [2.05, 4.69) is 39.8 Å². The maximum Gasteiger partial charge on any atom is 0.239 e. The average Bonchev–Trinajstić information content (AvgIpc) is 2.42. The number of amides is 1. The Balaban J connectivity index is 2.54. The van der Waals surface area contributed by atoms with Crippen LogP contribution in [0.2, 0.25) is 0 Å². The predicted molar refractivity (Wildman–Crippen MR) is 84.4 cm³/mol. The third-order valence-electron chi connectivity index (χ3n) is 4.09. The van der Waals surface area contributed by atoms with E-state index in [0.29, 0.717) is 6.42 Å². The van der Waals surface area contributed by atoms with Gasteiger partial charge in [-0.1, -0.05) is 51.1 Å². The fourth-order valence-electron chi connectivity index (χ4n) is 2.12. The lowest BCUT2D eigenvalue weighted by Gasteiger charge is -2.36. The zero-order chi connectivity index (χ0) is 15.3. The number of hydrogen-bond acceptors (Lipinski definition) is 2. The van der Waals surface area contributed by atoms with Gasteiger partial charge in [-0.2, -0.15) is 0 Å². The minimum absolute atomic E-state index is 0.0309. The average molecular weight is 276 g/mol. The van der Waals surface area contributed by atoms with E-state index < -0.39 is 6.04 Å². The number of nitrogens with zero attached hydrogens (tertiary/aromatic N) is 1. The Kier molecular flexibility index (Phi) is 5.75. The number of aryl methyl sites for hydroxylation is 1. The van der Waals surface area contributed by atoms with E-state index in [1.54, 1.807) is 4.90 Å². The van der Waals surface area contributed by atoms with Gasteiger partial charge < -0.3 is 10.6 Å². The summed E-state index contributed by atoms with van der Waals surface area (Å²) in [6, 6.07) is 9.89. The highest BCUT2D eigenvalue weighted by molar-refractivity contribution is 5.81. The third-order valence-corrected chi connectivity index (χ3v) is 4.09. The normalized spacial score (nSPS) is 14.7. The molecule has 0 radical (unpaired) electrons. The van der Waals surface area contributed by atoms with Crippen LogP contribution in [-0.2, 0) is 11.2 Å². The zero-order valence-electron chi connectivity index (χ0n) is 13.4. The van der Waals surface area contributed by atoms with Gasteiger partial charge in [0.05, 0.1) is 6.04 Å². The number of benzene rings is 1. The number of likely N-dealkylation sites (N-methyl/N-ethyl adjacent to an activating group) is 1. The molecule has 3 nitrogen and oxygen atoms in total. The molecule has 0 heterocycles. The van der Waals surface area contributed by atoms with E-state index in [1.807, 2.05) is 25.2 Å². The first-order valence-corrected chi connectivity index (χ1v) is 7.29. The van der Waals surface area contributed by atoms with E-state index in [4.69, 9.17) is 5.73 Å². The van der Waals surface area contributed by atoms with Gasteiger partial charge in [0.25, 0.3) is 0 Å². The van der Waals surface area contributed by atoms with Crippen LogP contribution in [0.15, 0.2) is 30.3 Å². The van der Waals surface area contributed by atoms with Crippen molar-refractivity contribution in [2.24, 2.45) is 11.1 Å². The van der Waals surface area contributed by atoms with Crippen molar-refractivity contribution in [2.75, 3.05) is 7.05 Å². The third kappa shape index (κ3) is 4.64. The first-order chi connectivity index (χ1) is 9.23.